The van der Waals surface area contributed by atoms with E-state index in [1.54, 1.807) is 0 Å². The van der Waals surface area contributed by atoms with Crippen LogP contribution in [0.4, 0.5) is 0 Å². The molecule has 0 aromatic heterocycles. The van der Waals surface area contributed by atoms with Gasteiger partial charge in [-0.2, -0.15) is 0 Å². The fraction of sp³-hybridized carbons (Fsp3) is 0.294. The summed E-state index contributed by atoms with van der Waals surface area (Å²) in [5, 5.41) is 12.8. The summed E-state index contributed by atoms with van der Waals surface area (Å²) >= 11 is 0. The molecule has 2 heteroatoms. The van der Waals surface area contributed by atoms with Crippen molar-refractivity contribution in [3.8, 4) is 0 Å². The Morgan fingerprint density at radius 2 is 1.79 bits per heavy atom. The summed E-state index contributed by atoms with van der Waals surface area (Å²) in [6.45, 7) is 5.14. The average molecular weight is 255 g/mol. The third-order valence-corrected chi connectivity index (χ3v) is 3.43. The quantitative estimate of drug-likeness (QED) is 0.859. The van der Waals surface area contributed by atoms with Crippen LogP contribution >= 0.6 is 0 Å². The van der Waals surface area contributed by atoms with Gasteiger partial charge in [-0.1, -0.05) is 54.1 Å². The summed E-state index contributed by atoms with van der Waals surface area (Å²) < 4.78 is 0. The molecule has 0 saturated carbocycles. The maximum Gasteiger partial charge on any atom is 0.0685 e. The number of aliphatic hydroxyl groups excluding tert-OH is 1. The lowest BCUT2D eigenvalue weighted by Gasteiger charge is -2.16. The highest BCUT2D eigenvalue weighted by molar-refractivity contribution is 5.27. The molecule has 1 unspecified atom stereocenters. The first-order valence-corrected chi connectivity index (χ1v) is 6.68. The minimum absolute atomic E-state index is 0.0939. The van der Waals surface area contributed by atoms with E-state index in [9.17, 15) is 5.11 Å². The predicted octanol–water partition coefficient (Wildman–Crippen LogP) is 3.34. The molecule has 0 aliphatic heterocycles. The van der Waals surface area contributed by atoms with Crippen LogP contribution in [0.3, 0.4) is 0 Å². The highest BCUT2D eigenvalue weighted by atomic mass is 16.3. The second kappa shape index (κ2) is 6.50. The molecule has 100 valence electrons. The number of rotatable bonds is 5. The molecular formula is C17H21NO. The van der Waals surface area contributed by atoms with Gasteiger partial charge < -0.3 is 10.4 Å². The molecule has 0 radical (unpaired) electrons. The van der Waals surface area contributed by atoms with Crippen molar-refractivity contribution in [1.82, 2.24) is 5.32 Å². The molecular weight excluding hydrogens is 234 g/mol. The fourth-order valence-corrected chi connectivity index (χ4v) is 2.20. The minimum Gasteiger partial charge on any atom is -0.392 e. The summed E-state index contributed by atoms with van der Waals surface area (Å²) in [6, 6.07) is 16.8. The van der Waals surface area contributed by atoms with E-state index in [1.165, 1.54) is 11.1 Å². The number of aryl methyl sites for hydroxylation is 1. The van der Waals surface area contributed by atoms with Gasteiger partial charge in [-0.25, -0.2) is 0 Å². The summed E-state index contributed by atoms with van der Waals surface area (Å²) in [6.07, 6.45) is 0. The molecule has 0 heterocycles. The van der Waals surface area contributed by atoms with E-state index in [1.807, 2.05) is 18.2 Å². The standard InChI is InChI=1S/C17H21NO/c1-13-6-5-9-15(10-13)14(2)18-11-16-7-3-4-8-17(16)12-19/h3-10,14,18-19H,11-12H2,1-2H3. The van der Waals surface area contributed by atoms with Crippen LogP contribution in [0.5, 0.6) is 0 Å². The average Bonchev–Trinajstić information content (AvgIpc) is 2.45. The number of nitrogens with one attached hydrogen (secondary N) is 1. The Morgan fingerprint density at radius 3 is 2.47 bits per heavy atom. The van der Waals surface area contributed by atoms with E-state index in [-0.39, 0.29) is 6.61 Å². The van der Waals surface area contributed by atoms with Crippen molar-refractivity contribution in [2.24, 2.45) is 0 Å². The van der Waals surface area contributed by atoms with Crippen molar-refractivity contribution < 1.29 is 5.11 Å². The summed E-state index contributed by atoms with van der Waals surface area (Å²) in [4.78, 5) is 0. The largest absolute Gasteiger partial charge is 0.392 e. The first kappa shape index (κ1) is 13.8. The van der Waals surface area contributed by atoms with Gasteiger partial charge in [0.2, 0.25) is 0 Å². The maximum atomic E-state index is 9.31. The summed E-state index contributed by atoms with van der Waals surface area (Å²) in [5.41, 5.74) is 4.72. The second-order valence-electron chi connectivity index (χ2n) is 4.94. The third-order valence-electron chi connectivity index (χ3n) is 3.43. The molecule has 0 bridgehead atoms. The van der Waals surface area contributed by atoms with E-state index in [0.717, 1.165) is 17.7 Å². The lowest BCUT2D eigenvalue weighted by molar-refractivity contribution is 0.280. The van der Waals surface area contributed by atoms with Crippen LogP contribution in [0.2, 0.25) is 0 Å². The summed E-state index contributed by atoms with van der Waals surface area (Å²) in [7, 11) is 0. The van der Waals surface area contributed by atoms with Crippen molar-refractivity contribution in [1.29, 1.82) is 0 Å². The molecule has 2 aromatic carbocycles. The molecule has 19 heavy (non-hydrogen) atoms. The highest BCUT2D eigenvalue weighted by Gasteiger charge is 2.06. The maximum absolute atomic E-state index is 9.31. The fourth-order valence-electron chi connectivity index (χ4n) is 2.20. The zero-order valence-electron chi connectivity index (χ0n) is 11.6. The number of hydrogen-bond acceptors (Lipinski definition) is 2. The Labute approximate surface area is 115 Å². The van der Waals surface area contributed by atoms with Gasteiger partial charge in [0, 0.05) is 12.6 Å². The number of aliphatic hydroxyl groups is 1. The number of hydrogen-bond donors (Lipinski definition) is 2. The predicted molar refractivity (Wildman–Crippen MR) is 78.8 cm³/mol. The Morgan fingerprint density at radius 1 is 1.05 bits per heavy atom. The van der Waals surface area contributed by atoms with Gasteiger partial charge in [-0.15, -0.1) is 0 Å². The molecule has 0 saturated heterocycles. The van der Waals surface area contributed by atoms with Gasteiger partial charge in [-0.3, -0.25) is 0 Å². The van der Waals surface area contributed by atoms with E-state index >= 15 is 0 Å². The van der Waals surface area contributed by atoms with E-state index < -0.39 is 0 Å². The van der Waals surface area contributed by atoms with Crippen molar-refractivity contribution in [2.75, 3.05) is 0 Å². The molecule has 1 atom stereocenters. The normalized spacial score (nSPS) is 12.4. The van der Waals surface area contributed by atoms with Gasteiger partial charge in [0.1, 0.15) is 0 Å². The zero-order chi connectivity index (χ0) is 13.7. The van der Waals surface area contributed by atoms with Gasteiger partial charge in [0.25, 0.3) is 0 Å². The first-order valence-electron chi connectivity index (χ1n) is 6.68. The molecule has 2 N–H and O–H groups in total. The monoisotopic (exact) mass is 255 g/mol. The van der Waals surface area contributed by atoms with Crippen molar-refractivity contribution in [2.45, 2.75) is 33.0 Å². The first-order chi connectivity index (χ1) is 9.20. The molecule has 2 rings (SSSR count). The second-order valence-corrected chi connectivity index (χ2v) is 4.94. The van der Waals surface area contributed by atoms with Crippen LogP contribution in [-0.2, 0) is 13.2 Å². The topological polar surface area (TPSA) is 32.3 Å². The van der Waals surface area contributed by atoms with Gasteiger partial charge in [-0.05, 0) is 30.5 Å². The van der Waals surface area contributed by atoms with Gasteiger partial charge in [0.05, 0.1) is 6.61 Å². The van der Waals surface area contributed by atoms with Gasteiger partial charge in [0.15, 0.2) is 0 Å². The minimum atomic E-state index is 0.0939. The molecule has 0 aliphatic carbocycles. The van der Waals surface area contributed by atoms with Gasteiger partial charge >= 0.3 is 0 Å². The Kier molecular flexibility index (Phi) is 4.72. The summed E-state index contributed by atoms with van der Waals surface area (Å²) in [5.74, 6) is 0. The van der Waals surface area contributed by atoms with Crippen LogP contribution in [-0.4, -0.2) is 5.11 Å². The van der Waals surface area contributed by atoms with E-state index in [0.29, 0.717) is 6.04 Å². The molecule has 0 amide bonds. The lowest BCUT2D eigenvalue weighted by Crippen LogP contribution is -2.19. The smallest absolute Gasteiger partial charge is 0.0685 e. The zero-order valence-corrected chi connectivity index (χ0v) is 11.6. The SMILES string of the molecule is Cc1cccc(C(C)NCc2ccccc2CO)c1. The Hall–Kier alpha value is -1.64. The van der Waals surface area contributed by atoms with Crippen LogP contribution in [0.1, 0.15) is 35.2 Å². The van der Waals surface area contributed by atoms with Crippen LogP contribution in [0.25, 0.3) is 0 Å². The molecule has 0 fully saturated rings. The van der Waals surface area contributed by atoms with E-state index in [4.69, 9.17) is 0 Å². The Bertz CT molecular complexity index is 536. The van der Waals surface area contributed by atoms with E-state index in [2.05, 4.69) is 49.5 Å². The number of benzene rings is 2. The molecule has 2 nitrogen and oxygen atoms in total. The van der Waals surface area contributed by atoms with Crippen LogP contribution < -0.4 is 5.32 Å². The van der Waals surface area contributed by atoms with Crippen molar-refractivity contribution in [3.63, 3.8) is 0 Å². The van der Waals surface area contributed by atoms with Crippen LogP contribution in [0.15, 0.2) is 48.5 Å². The van der Waals surface area contributed by atoms with Crippen LogP contribution in [0, 0.1) is 6.92 Å². The van der Waals surface area contributed by atoms with Crippen molar-refractivity contribution >= 4 is 0 Å². The lowest BCUT2D eigenvalue weighted by atomic mass is 10.0. The van der Waals surface area contributed by atoms with Crippen molar-refractivity contribution in [3.05, 3.63) is 70.8 Å². The molecule has 0 spiro atoms. The molecule has 0 aliphatic rings. The third kappa shape index (κ3) is 3.66. The molecule has 2 aromatic rings. The Balaban J connectivity index is 2.02. The highest BCUT2D eigenvalue weighted by Crippen LogP contribution is 2.15.